The molecule has 0 bridgehead atoms. The van der Waals surface area contributed by atoms with Gasteiger partial charge in [-0.1, -0.05) is 36.4 Å². The minimum Gasteiger partial charge on any atom is -0.361 e. The van der Waals surface area contributed by atoms with Crippen molar-refractivity contribution < 1.29 is 27.5 Å². The van der Waals surface area contributed by atoms with Gasteiger partial charge in [-0.3, -0.25) is 3.83 Å². The van der Waals surface area contributed by atoms with Crippen molar-refractivity contribution >= 4 is 16.3 Å². The first kappa shape index (κ1) is 20.9. The molecule has 2 unspecified atom stereocenters. The topological polar surface area (TPSA) is 55.4 Å². The van der Waals surface area contributed by atoms with Crippen LogP contribution < -0.4 is 0 Å². The van der Waals surface area contributed by atoms with Crippen LogP contribution in [0.5, 0.6) is 0 Å². The van der Waals surface area contributed by atoms with Gasteiger partial charge in [0.05, 0.1) is 22.9 Å². The van der Waals surface area contributed by atoms with Crippen molar-refractivity contribution in [2.24, 2.45) is 0 Å². The minimum atomic E-state index is -0.920. The first-order chi connectivity index (χ1) is 12.8. The highest BCUT2D eigenvalue weighted by atomic mass is 79.9. The van der Waals surface area contributed by atoms with E-state index < -0.39 is 36.0 Å². The maximum Gasteiger partial charge on any atom is 0.194 e. The Morgan fingerprint density at radius 2 is 1.85 bits per heavy atom. The molecule has 2 saturated heterocycles. The second-order valence-corrected chi connectivity index (χ2v) is 7.74. The smallest absolute Gasteiger partial charge is 0.194 e. The van der Waals surface area contributed by atoms with E-state index in [1.165, 1.54) is 0 Å². The lowest BCUT2D eigenvalue weighted by Gasteiger charge is -2.54. The molecule has 2 heterocycles. The number of rotatable bonds is 5. The highest BCUT2D eigenvalue weighted by Gasteiger charge is 2.56. The second-order valence-electron chi connectivity index (χ2n) is 7.36. The zero-order valence-corrected chi connectivity index (χ0v) is 17.7. The molecule has 6 atom stereocenters. The molecule has 1 aromatic carbocycles. The molecular weight excluding hydrogens is 416 g/mol. The molecule has 150 valence electrons. The van der Waals surface area contributed by atoms with Crippen LogP contribution in [0, 0.1) is 0 Å². The number of halogens is 1. The van der Waals surface area contributed by atoms with Crippen molar-refractivity contribution in [1.82, 2.24) is 0 Å². The summed E-state index contributed by atoms with van der Waals surface area (Å²) in [7, 11) is 1.60. The number of methoxy groups -OCH3 is 1. The predicted molar refractivity (Wildman–Crippen MR) is 103 cm³/mol. The summed E-state index contributed by atoms with van der Waals surface area (Å²) in [5.41, 5.74) is 0.218. The molecule has 1 aromatic rings. The van der Waals surface area contributed by atoms with Crippen LogP contribution in [0.1, 0.15) is 32.6 Å². The van der Waals surface area contributed by atoms with E-state index in [4.69, 9.17) is 27.5 Å². The third kappa shape index (κ3) is 4.00. The van der Waals surface area contributed by atoms with E-state index in [1.54, 1.807) is 13.2 Å². The van der Waals surface area contributed by atoms with Crippen LogP contribution in [0.25, 0.3) is 0 Å². The molecule has 2 aliphatic heterocycles. The van der Waals surface area contributed by atoms with Gasteiger partial charge in [-0.15, -0.1) is 6.58 Å². The normalized spacial score (nSPS) is 39.1. The van der Waals surface area contributed by atoms with E-state index in [2.05, 4.69) is 22.8 Å². The Morgan fingerprint density at radius 1 is 1.15 bits per heavy atom. The molecule has 0 radical (unpaired) electrons. The SMILES string of the molecule is C=C[C@@H]1OC(C)(OC)C(C)(C)O[C@H]1[C@@H]1OC(c2ccccc2)OC[C@H]1OBr. The van der Waals surface area contributed by atoms with E-state index in [0.29, 0.717) is 6.61 Å². The molecule has 6 nitrogen and oxygen atoms in total. The van der Waals surface area contributed by atoms with Crippen molar-refractivity contribution in [3.05, 3.63) is 48.6 Å². The predicted octanol–water partition coefficient (Wildman–Crippen LogP) is 3.91. The van der Waals surface area contributed by atoms with E-state index >= 15 is 0 Å². The molecule has 27 heavy (non-hydrogen) atoms. The number of hydrogen-bond donors (Lipinski definition) is 0. The summed E-state index contributed by atoms with van der Waals surface area (Å²) in [6.07, 6.45) is -0.497. The molecule has 3 rings (SSSR count). The Kier molecular flexibility index (Phi) is 6.42. The Hall–Kier alpha value is -0.800. The summed E-state index contributed by atoms with van der Waals surface area (Å²) >= 11 is 3.09. The summed E-state index contributed by atoms with van der Waals surface area (Å²) in [6, 6.07) is 9.78. The van der Waals surface area contributed by atoms with E-state index in [0.717, 1.165) is 5.56 Å². The lowest BCUT2D eigenvalue weighted by atomic mass is 9.91. The molecule has 0 aliphatic carbocycles. The number of benzene rings is 1. The van der Waals surface area contributed by atoms with Gasteiger partial charge < -0.3 is 23.7 Å². The fourth-order valence-electron chi connectivity index (χ4n) is 3.41. The van der Waals surface area contributed by atoms with Crippen LogP contribution in [-0.2, 0) is 27.5 Å². The molecule has 0 saturated carbocycles. The number of hydrogen-bond acceptors (Lipinski definition) is 6. The van der Waals surface area contributed by atoms with E-state index in [9.17, 15) is 0 Å². The summed E-state index contributed by atoms with van der Waals surface area (Å²) in [5, 5.41) is 0. The van der Waals surface area contributed by atoms with Gasteiger partial charge in [0.1, 0.15) is 30.0 Å². The Balaban J connectivity index is 1.87. The zero-order chi connectivity index (χ0) is 19.7. The van der Waals surface area contributed by atoms with Gasteiger partial charge in [-0.25, -0.2) is 0 Å². The van der Waals surface area contributed by atoms with Crippen LogP contribution in [0.15, 0.2) is 43.0 Å². The van der Waals surface area contributed by atoms with Gasteiger partial charge in [0.15, 0.2) is 12.1 Å². The molecule has 0 aromatic heterocycles. The summed E-state index contributed by atoms with van der Waals surface area (Å²) in [5.74, 6) is -0.920. The van der Waals surface area contributed by atoms with Crippen LogP contribution in [-0.4, -0.2) is 49.5 Å². The highest BCUT2D eigenvalue weighted by Crippen LogP contribution is 2.42. The van der Waals surface area contributed by atoms with Crippen LogP contribution in [0.2, 0.25) is 0 Å². The van der Waals surface area contributed by atoms with Crippen molar-refractivity contribution in [3.63, 3.8) is 0 Å². The fourth-order valence-corrected chi connectivity index (χ4v) is 3.73. The van der Waals surface area contributed by atoms with E-state index in [-0.39, 0.29) is 6.10 Å². The lowest BCUT2D eigenvalue weighted by Crippen LogP contribution is -2.66. The van der Waals surface area contributed by atoms with Crippen LogP contribution in [0.3, 0.4) is 0 Å². The average molecular weight is 443 g/mol. The Morgan fingerprint density at radius 3 is 2.44 bits per heavy atom. The van der Waals surface area contributed by atoms with E-state index in [1.807, 2.05) is 51.1 Å². The molecule has 0 N–H and O–H groups in total. The van der Waals surface area contributed by atoms with Crippen molar-refractivity contribution in [2.45, 2.75) is 62.9 Å². The Bertz CT molecular complexity index is 639. The Labute approximate surface area is 169 Å². The van der Waals surface area contributed by atoms with Gasteiger partial charge >= 0.3 is 0 Å². The third-order valence-electron chi connectivity index (χ3n) is 5.40. The van der Waals surface area contributed by atoms with Crippen molar-refractivity contribution in [3.8, 4) is 0 Å². The monoisotopic (exact) mass is 442 g/mol. The second kappa shape index (κ2) is 8.29. The minimum absolute atomic E-state index is 0.348. The molecular formula is C20H27BrO6. The first-order valence-electron chi connectivity index (χ1n) is 8.98. The largest absolute Gasteiger partial charge is 0.361 e. The third-order valence-corrected chi connectivity index (χ3v) is 5.88. The first-order valence-corrected chi connectivity index (χ1v) is 9.62. The highest BCUT2D eigenvalue weighted by molar-refractivity contribution is 9.06. The van der Waals surface area contributed by atoms with Gasteiger partial charge in [0.25, 0.3) is 0 Å². The van der Waals surface area contributed by atoms with Crippen molar-refractivity contribution in [1.29, 1.82) is 0 Å². The van der Waals surface area contributed by atoms with Gasteiger partial charge in [-0.05, 0) is 20.8 Å². The maximum absolute atomic E-state index is 6.44. The average Bonchev–Trinajstić information content (AvgIpc) is 2.69. The fraction of sp³-hybridized carbons (Fsp3) is 0.600. The molecule has 2 fully saturated rings. The van der Waals surface area contributed by atoms with Gasteiger partial charge in [0, 0.05) is 12.7 Å². The van der Waals surface area contributed by atoms with Crippen molar-refractivity contribution in [2.75, 3.05) is 13.7 Å². The summed E-state index contributed by atoms with van der Waals surface area (Å²) in [6.45, 7) is 9.97. The molecule has 7 heteroatoms. The van der Waals surface area contributed by atoms with Gasteiger partial charge in [-0.2, -0.15) is 0 Å². The van der Waals surface area contributed by atoms with Gasteiger partial charge in [0.2, 0.25) is 0 Å². The summed E-state index contributed by atoms with van der Waals surface area (Å²) < 4.78 is 35.8. The summed E-state index contributed by atoms with van der Waals surface area (Å²) in [4.78, 5) is 0. The standard InChI is InChI=1S/C20H27BrO6/c1-6-14-17(26-19(2,3)20(4,22-5)25-14)16-15(27-21)12-23-18(24-16)13-10-8-7-9-11-13/h6-11,14-18H,1,12H2,2-5H3/t14-,15+,16+,17+,18?,20?/m0/s1. The number of ether oxygens (including phenoxy) is 5. The molecule has 2 aliphatic rings. The molecule has 0 amide bonds. The molecule has 0 spiro atoms. The zero-order valence-electron chi connectivity index (χ0n) is 16.1. The maximum atomic E-state index is 6.44. The quantitative estimate of drug-likeness (QED) is 0.644. The lowest BCUT2D eigenvalue weighted by molar-refractivity contribution is -0.396. The van der Waals surface area contributed by atoms with Crippen LogP contribution >= 0.6 is 16.3 Å². The van der Waals surface area contributed by atoms with Crippen LogP contribution in [0.4, 0.5) is 0 Å².